The van der Waals surface area contributed by atoms with E-state index in [1.165, 1.54) is 33.9 Å². The molecule has 10 nitrogen and oxygen atoms in total. The summed E-state index contributed by atoms with van der Waals surface area (Å²) in [5.74, 6) is 0.695. The van der Waals surface area contributed by atoms with Crippen LogP contribution in [0.15, 0.2) is 47.4 Å². The van der Waals surface area contributed by atoms with E-state index in [1.807, 2.05) is 0 Å². The van der Waals surface area contributed by atoms with Gasteiger partial charge in [0.05, 0.1) is 35.5 Å². The fraction of sp³-hybridized carbons (Fsp3) is 0.480. The van der Waals surface area contributed by atoms with E-state index in [0.717, 1.165) is 25.5 Å². The fourth-order valence-electron chi connectivity index (χ4n) is 4.09. The maximum absolute atomic E-state index is 12.7. The second-order valence-electron chi connectivity index (χ2n) is 8.89. The Morgan fingerprint density at radius 1 is 1.05 bits per heavy atom. The van der Waals surface area contributed by atoms with Gasteiger partial charge in [-0.2, -0.15) is 4.31 Å². The van der Waals surface area contributed by atoms with E-state index >= 15 is 0 Å². The standard InChI is InChI=1S/C25H34ClN3O7S2/c1-35-24-13-8-20(19-23(24)26)29(37(2,31)32)17-6-7-25(30)27-14-18-36-21-9-11-22(12-10-21)38(33,34)28-15-4-3-5-16-28/h8-13,19H,3-7,14-18H2,1-2H3,(H,27,30). The van der Waals surface area contributed by atoms with Crippen LogP contribution in [0.2, 0.25) is 5.02 Å². The van der Waals surface area contributed by atoms with Gasteiger partial charge in [0, 0.05) is 26.1 Å². The van der Waals surface area contributed by atoms with E-state index in [9.17, 15) is 21.6 Å². The van der Waals surface area contributed by atoms with Crippen molar-refractivity contribution in [3.8, 4) is 11.5 Å². The number of halogens is 1. The highest BCUT2D eigenvalue weighted by molar-refractivity contribution is 7.92. The van der Waals surface area contributed by atoms with Gasteiger partial charge in [-0.05, 0) is 61.7 Å². The van der Waals surface area contributed by atoms with Crippen LogP contribution in [0, 0.1) is 0 Å². The third-order valence-corrected chi connectivity index (χ3v) is 9.46. The molecule has 13 heteroatoms. The Morgan fingerprint density at radius 3 is 2.34 bits per heavy atom. The zero-order valence-electron chi connectivity index (χ0n) is 21.6. The van der Waals surface area contributed by atoms with Gasteiger partial charge in [-0.25, -0.2) is 16.8 Å². The number of carbonyl (C=O) groups is 1. The molecule has 1 saturated heterocycles. The third-order valence-electron chi connectivity index (χ3n) is 6.06. The number of rotatable bonds is 13. The van der Waals surface area contributed by atoms with Gasteiger partial charge in [0.15, 0.2) is 0 Å². The Balaban J connectivity index is 1.41. The van der Waals surface area contributed by atoms with Crippen molar-refractivity contribution >= 4 is 43.2 Å². The van der Waals surface area contributed by atoms with Crippen molar-refractivity contribution in [2.45, 2.75) is 37.0 Å². The van der Waals surface area contributed by atoms with E-state index in [1.54, 1.807) is 24.3 Å². The van der Waals surface area contributed by atoms with Crippen LogP contribution in [-0.4, -0.2) is 73.2 Å². The first-order chi connectivity index (χ1) is 18.0. The van der Waals surface area contributed by atoms with Crippen LogP contribution >= 0.6 is 11.6 Å². The molecule has 0 atom stereocenters. The summed E-state index contributed by atoms with van der Waals surface area (Å²) < 4.78 is 63.4. The summed E-state index contributed by atoms with van der Waals surface area (Å²) in [5, 5.41) is 3.02. The number of hydrogen-bond acceptors (Lipinski definition) is 7. The summed E-state index contributed by atoms with van der Waals surface area (Å²) in [6.45, 7) is 1.64. The lowest BCUT2D eigenvalue weighted by molar-refractivity contribution is -0.121. The third kappa shape index (κ3) is 8.23. The zero-order chi connectivity index (χ0) is 27.8. The Morgan fingerprint density at radius 2 is 1.74 bits per heavy atom. The SMILES string of the molecule is COc1ccc(N(CCCC(=O)NCCOc2ccc(S(=O)(=O)N3CCCCC3)cc2)S(C)(=O)=O)cc1Cl. The number of piperidine rings is 1. The number of hydrogen-bond donors (Lipinski definition) is 1. The molecule has 1 fully saturated rings. The molecule has 210 valence electrons. The quantitative estimate of drug-likeness (QED) is 0.357. The van der Waals surface area contributed by atoms with Gasteiger partial charge in [-0.15, -0.1) is 0 Å². The van der Waals surface area contributed by atoms with E-state index < -0.39 is 20.0 Å². The van der Waals surface area contributed by atoms with Crippen LogP contribution in [-0.2, 0) is 24.8 Å². The number of ether oxygens (including phenoxy) is 2. The highest BCUT2D eigenvalue weighted by atomic mass is 35.5. The minimum atomic E-state index is -3.58. The molecule has 0 aromatic heterocycles. The summed E-state index contributed by atoms with van der Waals surface area (Å²) in [6.07, 6.45) is 4.32. The molecule has 0 aliphatic carbocycles. The maximum Gasteiger partial charge on any atom is 0.243 e. The molecular weight excluding hydrogens is 554 g/mol. The van der Waals surface area contributed by atoms with Crippen molar-refractivity contribution in [1.29, 1.82) is 0 Å². The topological polar surface area (TPSA) is 122 Å². The molecule has 1 heterocycles. The summed E-state index contributed by atoms with van der Waals surface area (Å²) in [4.78, 5) is 12.5. The van der Waals surface area contributed by atoms with Gasteiger partial charge in [0.2, 0.25) is 26.0 Å². The van der Waals surface area contributed by atoms with Crippen LogP contribution in [0.25, 0.3) is 0 Å². The molecule has 1 N–H and O–H groups in total. The minimum absolute atomic E-state index is 0.109. The zero-order valence-corrected chi connectivity index (χ0v) is 23.9. The first kappa shape index (κ1) is 30.0. The van der Waals surface area contributed by atoms with Crippen molar-refractivity contribution in [2.75, 3.05) is 50.5 Å². The number of carbonyl (C=O) groups excluding carboxylic acids is 1. The summed E-state index contributed by atoms with van der Waals surface area (Å²) in [6, 6.07) is 11.0. The molecule has 0 radical (unpaired) electrons. The normalized spacial score (nSPS) is 14.6. The lowest BCUT2D eigenvalue weighted by Gasteiger charge is -2.25. The van der Waals surface area contributed by atoms with E-state index in [4.69, 9.17) is 21.1 Å². The van der Waals surface area contributed by atoms with Gasteiger partial charge in [-0.1, -0.05) is 18.0 Å². The van der Waals surface area contributed by atoms with Gasteiger partial charge in [0.1, 0.15) is 18.1 Å². The second-order valence-corrected chi connectivity index (χ2v) is 13.1. The molecule has 0 bridgehead atoms. The van der Waals surface area contributed by atoms with Crippen LogP contribution in [0.5, 0.6) is 11.5 Å². The average Bonchev–Trinajstić information content (AvgIpc) is 2.89. The number of sulfonamides is 2. The molecule has 1 amide bonds. The van der Waals surface area contributed by atoms with E-state index in [0.29, 0.717) is 36.7 Å². The molecule has 2 aromatic carbocycles. The number of amides is 1. The average molecular weight is 588 g/mol. The molecule has 0 spiro atoms. The predicted molar refractivity (Wildman–Crippen MR) is 147 cm³/mol. The number of nitrogens with one attached hydrogen (secondary N) is 1. The number of benzene rings is 2. The van der Waals surface area contributed by atoms with Crippen LogP contribution in [0.4, 0.5) is 5.69 Å². The van der Waals surface area contributed by atoms with Crippen LogP contribution in [0.3, 0.4) is 0 Å². The lowest BCUT2D eigenvalue weighted by Crippen LogP contribution is -2.35. The number of anilines is 1. The van der Waals surface area contributed by atoms with Crippen LogP contribution in [0.1, 0.15) is 32.1 Å². The lowest BCUT2D eigenvalue weighted by atomic mass is 10.2. The monoisotopic (exact) mass is 587 g/mol. The van der Waals surface area contributed by atoms with E-state index in [2.05, 4.69) is 5.32 Å². The maximum atomic E-state index is 12.7. The van der Waals surface area contributed by atoms with Crippen molar-refractivity contribution < 1.29 is 31.1 Å². The van der Waals surface area contributed by atoms with Crippen molar-refractivity contribution in [3.63, 3.8) is 0 Å². The van der Waals surface area contributed by atoms with Gasteiger partial charge >= 0.3 is 0 Å². The van der Waals surface area contributed by atoms with Gasteiger partial charge in [0.25, 0.3) is 0 Å². The molecule has 3 rings (SSSR count). The predicted octanol–water partition coefficient (Wildman–Crippen LogP) is 3.26. The highest BCUT2D eigenvalue weighted by Crippen LogP contribution is 2.30. The largest absolute Gasteiger partial charge is 0.495 e. The van der Waals surface area contributed by atoms with Gasteiger partial charge in [-0.3, -0.25) is 9.10 Å². The highest BCUT2D eigenvalue weighted by Gasteiger charge is 2.25. The number of methoxy groups -OCH3 is 1. The Labute approximate surface area is 230 Å². The Hall–Kier alpha value is -2.54. The fourth-order valence-corrected chi connectivity index (χ4v) is 6.82. The van der Waals surface area contributed by atoms with Crippen molar-refractivity contribution in [1.82, 2.24) is 9.62 Å². The van der Waals surface area contributed by atoms with Gasteiger partial charge < -0.3 is 14.8 Å². The molecule has 0 saturated carbocycles. The van der Waals surface area contributed by atoms with Crippen molar-refractivity contribution in [3.05, 3.63) is 47.5 Å². The van der Waals surface area contributed by atoms with E-state index in [-0.39, 0.29) is 41.9 Å². The van der Waals surface area contributed by atoms with Crippen LogP contribution < -0.4 is 19.1 Å². The Bertz CT molecular complexity index is 1300. The molecule has 38 heavy (non-hydrogen) atoms. The molecule has 0 unspecified atom stereocenters. The summed E-state index contributed by atoms with van der Waals surface area (Å²) in [5.41, 5.74) is 0.391. The molecular formula is C25H34ClN3O7S2. The first-order valence-corrected chi connectivity index (χ1v) is 16.0. The summed E-state index contributed by atoms with van der Waals surface area (Å²) in [7, 11) is -5.61. The molecule has 1 aliphatic rings. The second kappa shape index (κ2) is 13.5. The first-order valence-electron chi connectivity index (χ1n) is 12.3. The van der Waals surface area contributed by atoms with Crippen molar-refractivity contribution in [2.24, 2.45) is 0 Å². The molecule has 1 aliphatic heterocycles. The summed E-state index contributed by atoms with van der Waals surface area (Å²) >= 11 is 6.13. The molecule has 2 aromatic rings. The minimum Gasteiger partial charge on any atom is -0.495 e. The Kier molecular flexibility index (Phi) is 10.7. The number of nitrogens with zero attached hydrogens (tertiary/aromatic N) is 2. The smallest absolute Gasteiger partial charge is 0.243 e.